The fraction of sp³-hybridized carbons (Fsp3) is 0.719. The lowest BCUT2D eigenvalue weighted by molar-refractivity contribution is -0.305. The maximum Gasteiger partial charge on any atom is 0.306 e. The molecular weight excluding hydrogens is 943 g/mol. The number of carbonyl (C=O) groups is 2. The SMILES string of the molecule is CC\C=C/C=C/C=C/C=C\C=C\C=C\CCCCCC(=O)OC1C(OCC(NC(=O)C(O)CCCCCCCCCC/C=C/CCCCCCCC)C(O)/C=C/CCCCCCCCCCC)OC(CO)C(O)C1O. The molecule has 1 saturated heterocycles. The molecule has 0 aliphatic carbocycles. The molecule has 0 spiro atoms. The van der Waals surface area contributed by atoms with Crippen molar-refractivity contribution in [2.24, 2.45) is 0 Å². The first kappa shape index (κ1) is 69.6. The first-order chi connectivity index (χ1) is 36.7. The summed E-state index contributed by atoms with van der Waals surface area (Å²) in [4.78, 5) is 26.5. The topological polar surface area (TPSA) is 175 Å². The minimum absolute atomic E-state index is 0.0675. The molecule has 0 saturated carbocycles. The Morgan fingerprint density at radius 1 is 0.533 bits per heavy atom. The lowest BCUT2D eigenvalue weighted by atomic mass is 9.99. The Morgan fingerprint density at radius 2 is 0.973 bits per heavy atom. The Balaban J connectivity index is 2.72. The van der Waals surface area contributed by atoms with Gasteiger partial charge in [0.1, 0.15) is 24.4 Å². The normalized spacial score (nSPS) is 19.9. The molecule has 430 valence electrons. The van der Waals surface area contributed by atoms with Gasteiger partial charge in [0.15, 0.2) is 12.4 Å². The first-order valence-corrected chi connectivity index (χ1v) is 30.1. The second-order valence-corrected chi connectivity index (χ2v) is 20.5. The van der Waals surface area contributed by atoms with E-state index in [1.54, 1.807) is 6.08 Å². The summed E-state index contributed by atoms with van der Waals surface area (Å²) in [5.74, 6) is -1.25. The number of amides is 1. The first-order valence-electron chi connectivity index (χ1n) is 30.1. The average Bonchev–Trinajstić information content (AvgIpc) is 3.41. The molecule has 11 heteroatoms. The van der Waals surface area contributed by atoms with Gasteiger partial charge in [0, 0.05) is 6.42 Å². The number of ether oxygens (including phenoxy) is 3. The van der Waals surface area contributed by atoms with Crippen LogP contribution in [-0.4, -0.2) is 99.6 Å². The molecule has 1 heterocycles. The molecule has 0 aromatic rings. The van der Waals surface area contributed by atoms with Crippen LogP contribution >= 0.6 is 0 Å². The number of hydrogen-bond donors (Lipinski definition) is 6. The molecule has 1 amide bonds. The van der Waals surface area contributed by atoms with Gasteiger partial charge in [0.25, 0.3) is 0 Å². The van der Waals surface area contributed by atoms with Crippen molar-refractivity contribution in [3.05, 3.63) is 97.2 Å². The van der Waals surface area contributed by atoms with E-state index in [0.717, 1.165) is 77.0 Å². The lowest BCUT2D eigenvalue weighted by Crippen LogP contribution is -2.61. The zero-order valence-corrected chi connectivity index (χ0v) is 47.4. The van der Waals surface area contributed by atoms with Crippen molar-refractivity contribution >= 4 is 11.9 Å². The van der Waals surface area contributed by atoms with Gasteiger partial charge in [-0.2, -0.15) is 0 Å². The van der Waals surface area contributed by atoms with Crippen molar-refractivity contribution in [2.75, 3.05) is 13.2 Å². The van der Waals surface area contributed by atoms with Crippen LogP contribution in [0.3, 0.4) is 0 Å². The van der Waals surface area contributed by atoms with E-state index in [2.05, 4.69) is 50.4 Å². The fourth-order valence-electron chi connectivity index (χ4n) is 8.85. The second kappa shape index (κ2) is 51.3. The van der Waals surface area contributed by atoms with E-state index in [1.807, 2.05) is 66.8 Å². The highest BCUT2D eigenvalue weighted by Crippen LogP contribution is 2.26. The van der Waals surface area contributed by atoms with Gasteiger partial charge in [0.05, 0.1) is 25.4 Å². The third-order valence-corrected chi connectivity index (χ3v) is 13.6. The molecule has 11 nitrogen and oxygen atoms in total. The maximum atomic E-state index is 13.4. The molecule has 75 heavy (non-hydrogen) atoms. The number of hydrogen-bond acceptors (Lipinski definition) is 10. The number of aliphatic hydroxyl groups is 5. The van der Waals surface area contributed by atoms with Crippen molar-refractivity contribution < 1.29 is 49.3 Å². The molecule has 0 aromatic heterocycles. The standard InChI is InChI=1S/C64H109NO10/c1-4-7-10-13-16-19-22-24-26-28-30-31-33-36-39-42-45-48-51-57(68)63(72)65-55(56(67)50-47-44-41-38-35-21-18-15-12-9-6-3)54-73-64-62(61(71)60(70)58(53-66)74-64)75-59(69)52-49-46-43-40-37-34-32-29-27-25-23-20-17-14-11-8-5-2/h8,11,14,17,20,23-27,29,32,34,37,47,50,55-58,60-62,64,66-68,70-71H,4-7,9-10,12-13,15-16,18-19,21-22,28,30-31,33,35-36,38-46,48-49,51-54H2,1-3H3,(H,65,72)/b11-8-,17-14+,23-20+,26-24+,27-25-,32-29+,37-34+,50-47+. The summed E-state index contributed by atoms with van der Waals surface area (Å²) in [5.41, 5.74) is 0. The summed E-state index contributed by atoms with van der Waals surface area (Å²) < 4.78 is 17.5. The summed E-state index contributed by atoms with van der Waals surface area (Å²) >= 11 is 0. The van der Waals surface area contributed by atoms with E-state index in [4.69, 9.17) is 14.2 Å². The zero-order chi connectivity index (χ0) is 54.7. The lowest BCUT2D eigenvalue weighted by Gasteiger charge is -2.41. The highest BCUT2D eigenvalue weighted by molar-refractivity contribution is 5.80. The summed E-state index contributed by atoms with van der Waals surface area (Å²) in [6, 6.07) is -1.04. The largest absolute Gasteiger partial charge is 0.454 e. The summed E-state index contributed by atoms with van der Waals surface area (Å²) in [6.07, 6.45) is 57.3. The Labute approximate surface area is 456 Å². The predicted molar refractivity (Wildman–Crippen MR) is 310 cm³/mol. The Morgan fingerprint density at radius 3 is 1.48 bits per heavy atom. The van der Waals surface area contributed by atoms with E-state index in [9.17, 15) is 35.1 Å². The number of carbonyl (C=O) groups excluding carboxylic acids is 2. The van der Waals surface area contributed by atoms with Gasteiger partial charge >= 0.3 is 5.97 Å². The van der Waals surface area contributed by atoms with Gasteiger partial charge in [-0.15, -0.1) is 0 Å². The van der Waals surface area contributed by atoms with Crippen LogP contribution in [0.2, 0.25) is 0 Å². The molecule has 0 bridgehead atoms. The Kier molecular flexibility index (Phi) is 47.6. The zero-order valence-electron chi connectivity index (χ0n) is 47.4. The molecule has 8 unspecified atom stereocenters. The quantitative estimate of drug-likeness (QED) is 0.0149. The Bertz CT molecular complexity index is 1580. The van der Waals surface area contributed by atoms with E-state index >= 15 is 0 Å². The van der Waals surface area contributed by atoms with Gasteiger partial charge in [-0.25, -0.2) is 0 Å². The molecule has 8 atom stereocenters. The smallest absolute Gasteiger partial charge is 0.306 e. The number of nitrogens with one attached hydrogen (secondary N) is 1. The van der Waals surface area contributed by atoms with Crippen molar-refractivity contribution in [1.29, 1.82) is 0 Å². The Hall–Kier alpha value is -3.42. The number of unbranched alkanes of at least 4 members (excludes halogenated alkanes) is 26. The number of rotatable bonds is 49. The van der Waals surface area contributed by atoms with Crippen molar-refractivity contribution in [1.82, 2.24) is 5.32 Å². The summed E-state index contributed by atoms with van der Waals surface area (Å²) in [7, 11) is 0. The van der Waals surface area contributed by atoms with Crippen LogP contribution in [0.25, 0.3) is 0 Å². The van der Waals surface area contributed by atoms with Crippen LogP contribution in [-0.2, 0) is 23.8 Å². The molecule has 1 fully saturated rings. The number of esters is 1. The predicted octanol–water partition coefficient (Wildman–Crippen LogP) is 13.9. The minimum Gasteiger partial charge on any atom is -0.454 e. The van der Waals surface area contributed by atoms with Gasteiger partial charge < -0.3 is 45.1 Å². The van der Waals surface area contributed by atoms with Crippen LogP contribution in [0.1, 0.15) is 233 Å². The van der Waals surface area contributed by atoms with Crippen LogP contribution in [0.15, 0.2) is 97.2 Å². The van der Waals surface area contributed by atoms with Crippen molar-refractivity contribution in [3.63, 3.8) is 0 Å². The molecule has 1 aliphatic heterocycles. The van der Waals surface area contributed by atoms with E-state index in [0.29, 0.717) is 12.8 Å². The van der Waals surface area contributed by atoms with Gasteiger partial charge in [-0.05, 0) is 70.6 Å². The second-order valence-electron chi connectivity index (χ2n) is 20.5. The van der Waals surface area contributed by atoms with Crippen LogP contribution in [0.5, 0.6) is 0 Å². The number of allylic oxidation sites excluding steroid dienone is 15. The van der Waals surface area contributed by atoms with Crippen LogP contribution < -0.4 is 5.32 Å². The van der Waals surface area contributed by atoms with Gasteiger partial charge in [-0.1, -0.05) is 253 Å². The van der Waals surface area contributed by atoms with Crippen LogP contribution in [0.4, 0.5) is 0 Å². The van der Waals surface area contributed by atoms with Crippen molar-refractivity contribution in [2.45, 2.75) is 282 Å². The van der Waals surface area contributed by atoms with Gasteiger partial charge in [0.2, 0.25) is 5.91 Å². The highest BCUT2D eigenvalue weighted by atomic mass is 16.7. The molecule has 1 rings (SSSR count). The molecule has 6 N–H and O–H groups in total. The number of aliphatic hydroxyl groups excluding tert-OH is 5. The van der Waals surface area contributed by atoms with Crippen LogP contribution in [0, 0.1) is 0 Å². The molecule has 0 radical (unpaired) electrons. The average molecular weight is 1050 g/mol. The third kappa shape index (κ3) is 39.6. The van der Waals surface area contributed by atoms with E-state index in [-0.39, 0.29) is 19.4 Å². The fourth-order valence-corrected chi connectivity index (χ4v) is 8.85. The summed E-state index contributed by atoms with van der Waals surface area (Å²) in [5, 5.41) is 56.9. The highest BCUT2D eigenvalue weighted by Gasteiger charge is 2.47. The molecule has 1 aliphatic rings. The van der Waals surface area contributed by atoms with E-state index < -0.39 is 67.4 Å². The van der Waals surface area contributed by atoms with E-state index in [1.165, 1.54) is 109 Å². The molecular formula is C64H109NO10. The summed E-state index contributed by atoms with van der Waals surface area (Å²) in [6.45, 7) is 5.60. The minimum atomic E-state index is -1.64. The monoisotopic (exact) mass is 1050 g/mol. The molecule has 0 aromatic carbocycles. The third-order valence-electron chi connectivity index (χ3n) is 13.6. The van der Waals surface area contributed by atoms with Crippen molar-refractivity contribution in [3.8, 4) is 0 Å². The maximum absolute atomic E-state index is 13.4. The van der Waals surface area contributed by atoms with Gasteiger partial charge in [-0.3, -0.25) is 9.59 Å².